The third-order valence-corrected chi connectivity index (χ3v) is 9.80. The topological polar surface area (TPSA) is 148 Å². The monoisotopic (exact) mass is 766 g/mol. The molecule has 3 fully saturated rings. The molecule has 6 rings (SSSR count). The number of hydrogen-bond donors (Lipinski definition) is 1. The molecule has 0 bridgehead atoms. The largest absolute Gasteiger partial charge is 0.870 e. The molecule has 0 radical (unpaired) electrons. The molecular formula is C37H42Cl2F2N2O9. The number of halogens is 4. The Bertz CT molecular complexity index is 1660. The molecule has 3 aliphatic rings. The van der Waals surface area contributed by atoms with Crippen molar-refractivity contribution in [2.24, 2.45) is 11.8 Å². The summed E-state index contributed by atoms with van der Waals surface area (Å²) in [7, 11) is 0. The van der Waals surface area contributed by atoms with Gasteiger partial charge in [0.2, 0.25) is 0 Å². The van der Waals surface area contributed by atoms with Crippen molar-refractivity contribution in [2.75, 3.05) is 32.8 Å². The maximum atomic E-state index is 13.9. The molecule has 1 atom stereocenters. The Labute approximate surface area is 310 Å². The molecule has 11 nitrogen and oxygen atoms in total. The number of aromatic amines is 1. The first-order valence-corrected chi connectivity index (χ1v) is 17.9. The fourth-order valence-corrected chi connectivity index (χ4v) is 6.25. The molecule has 0 spiro atoms. The number of pyridine rings is 1. The van der Waals surface area contributed by atoms with E-state index in [9.17, 15) is 23.5 Å². The number of aliphatic hydroxyl groups excluding tert-OH is 1. The summed E-state index contributed by atoms with van der Waals surface area (Å²) in [4.78, 5) is 31.4. The second-order valence-corrected chi connectivity index (χ2v) is 14.1. The summed E-state index contributed by atoms with van der Waals surface area (Å²) in [5.41, 5.74) is 1.62. The number of likely N-dealkylation sites (tertiary alicyclic amines) is 1. The quantitative estimate of drug-likeness (QED) is 0.152. The first-order valence-electron chi connectivity index (χ1n) is 17.2. The van der Waals surface area contributed by atoms with Crippen LogP contribution in [-0.4, -0.2) is 73.0 Å². The van der Waals surface area contributed by atoms with Gasteiger partial charge in [0, 0.05) is 30.6 Å². The smallest absolute Gasteiger partial charge is 0.387 e. The molecule has 282 valence electrons. The summed E-state index contributed by atoms with van der Waals surface area (Å²) in [5, 5.41) is 10.4. The maximum absolute atomic E-state index is 13.9. The van der Waals surface area contributed by atoms with Crippen molar-refractivity contribution >= 4 is 35.1 Å². The molecule has 2 saturated carbocycles. The van der Waals surface area contributed by atoms with Crippen molar-refractivity contribution in [3.63, 3.8) is 0 Å². The van der Waals surface area contributed by atoms with E-state index < -0.39 is 24.7 Å². The van der Waals surface area contributed by atoms with E-state index >= 15 is 0 Å². The molecule has 0 amide bonds. The molecule has 0 unspecified atom stereocenters. The van der Waals surface area contributed by atoms with Crippen LogP contribution in [0.25, 0.3) is 0 Å². The number of hydrogen-bond acceptors (Lipinski definition) is 10. The minimum Gasteiger partial charge on any atom is -0.870 e. The Morgan fingerprint density at radius 1 is 0.885 bits per heavy atom. The highest BCUT2D eigenvalue weighted by Gasteiger charge is 2.28. The van der Waals surface area contributed by atoms with E-state index in [-0.39, 0.29) is 48.2 Å². The molecule has 1 saturated heterocycles. The fraction of sp³-hybridized carbons (Fsp3) is 0.486. The van der Waals surface area contributed by atoms with Crippen LogP contribution >= 0.6 is 23.2 Å². The number of alkyl halides is 2. The van der Waals surface area contributed by atoms with Crippen LogP contribution in [0.5, 0.6) is 17.2 Å². The summed E-state index contributed by atoms with van der Waals surface area (Å²) in [6.45, 7) is -1.05. The number of aromatic nitrogens is 1. The normalized spacial score (nSPS) is 16.9. The Hall–Kier alpha value is -3.75. The van der Waals surface area contributed by atoms with Gasteiger partial charge in [0.25, 0.3) is 0 Å². The second-order valence-electron chi connectivity index (χ2n) is 13.3. The van der Waals surface area contributed by atoms with Crippen LogP contribution in [0.4, 0.5) is 8.78 Å². The second kappa shape index (κ2) is 18.3. The fourth-order valence-electron chi connectivity index (χ4n) is 5.72. The third kappa shape index (κ3) is 11.4. The van der Waals surface area contributed by atoms with E-state index in [4.69, 9.17) is 46.9 Å². The first-order chi connectivity index (χ1) is 24.6. The van der Waals surface area contributed by atoms with Gasteiger partial charge in [-0.25, -0.2) is 9.78 Å². The van der Waals surface area contributed by atoms with Gasteiger partial charge >= 0.3 is 18.6 Å². The van der Waals surface area contributed by atoms with E-state index in [2.05, 4.69) is 4.98 Å². The highest BCUT2D eigenvalue weighted by atomic mass is 35.5. The van der Waals surface area contributed by atoms with Crippen molar-refractivity contribution in [3.05, 3.63) is 81.1 Å². The van der Waals surface area contributed by atoms with Crippen molar-refractivity contribution in [1.82, 2.24) is 4.90 Å². The van der Waals surface area contributed by atoms with E-state index in [0.29, 0.717) is 83.5 Å². The summed E-state index contributed by atoms with van der Waals surface area (Å²) >= 11 is 13.0. The lowest BCUT2D eigenvalue weighted by atomic mass is 10.0. The van der Waals surface area contributed by atoms with Crippen LogP contribution in [0.1, 0.15) is 71.7 Å². The lowest BCUT2D eigenvalue weighted by Gasteiger charge is -2.28. The van der Waals surface area contributed by atoms with Gasteiger partial charge in [0.05, 0.1) is 31.4 Å². The Morgan fingerprint density at radius 3 is 2.15 bits per heavy atom. The predicted octanol–water partition coefficient (Wildman–Crippen LogP) is 6.45. The number of benzene rings is 2. The number of nitrogens with one attached hydrogen (secondary N) is 1. The van der Waals surface area contributed by atoms with Crippen LogP contribution in [0.3, 0.4) is 0 Å². The SMILES string of the molecule is O=C(CN1CCC(O)CC1)OCc1cc(C(=O)O[C@@H](Cc2c(Cl)c[nH+]cc2Cl)c2ccc(OC(F)F)c(OCC3CC3)c2)ccc1OCC1CC1.[OH-]. The summed E-state index contributed by atoms with van der Waals surface area (Å²) < 4.78 is 54.9. The van der Waals surface area contributed by atoms with Gasteiger partial charge in [-0.1, -0.05) is 29.3 Å². The molecule has 52 heavy (non-hydrogen) atoms. The van der Waals surface area contributed by atoms with Crippen LogP contribution in [0, 0.1) is 11.8 Å². The minimum atomic E-state index is -3.06. The van der Waals surface area contributed by atoms with Crippen molar-refractivity contribution in [2.45, 2.75) is 70.4 Å². The molecule has 1 aromatic heterocycles. The third-order valence-electron chi connectivity index (χ3n) is 9.13. The number of aliphatic hydroxyl groups is 1. The average Bonchev–Trinajstić information content (AvgIpc) is 4.04. The Morgan fingerprint density at radius 2 is 1.52 bits per heavy atom. The number of piperidine rings is 1. The molecule has 3 N–H and O–H groups in total. The van der Waals surface area contributed by atoms with Crippen molar-refractivity contribution in [1.29, 1.82) is 0 Å². The van der Waals surface area contributed by atoms with Gasteiger partial charge in [-0.2, -0.15) is 8.78 Å². The van der Waals surface area contributed by atoms with Gasteiger partial charge in [-0.15, -0.1) is 0 Å². The maximum Gasteiger partial charge on any atom is 0.387 e. The molecule has 2 aliphatic carbocycles. The molecule has 3 aromatic rings. The number of esters is 2. The highest BCUT2D eigenvalue weighted by Crippen LogP contribution is 2.38. The standard InChI is InChI=1S/C37H40Cl2F2N2O8.H2O/c38-29-16-42-17-30(39)28(29)15-33(24-5-8-32(51-37(40)41)34(14-24)48-20-23-3-4-23)50-36(46)25-6-7-31(47-19-22-1-2-22)26(13-25)21-49-35(45)18-43-11-9-27(44)10-12-43;/h5-8,13-14,16-17,22-23,27,33,37,44H,1-4,9-12,15,18-21H2;1H2/t33-;/m0./s1. The Kier molecular flexibility index (Phi) is 13.9. The minimum absolute atomic E-state index is 0. The molecule has 1 aliphatic heterocycles. The number of H-pyrrole nitrogens is 1. The summed E-state index contributed by atoms with van der Waals surface area (Å²) in [6, 6.07) is 9.22. The van der Waals surface area contributed by atoms with Gasteiger partial charge in [0.1, 0.15) is 28.5 Å². The summed E-state index contributed by atoms with van der Waals surface area (Å²) in [5.74, 6) is 0.130. The molecule has 15 heteroatoms. The van der Waals surface area contributed by atoms with Crippen LogP contribution in [-0.2, 0) is 27.3 Å². The molecule has 2 aromatic carbocycles. The number of ether oxygens (including phenoxy) is 5. The van der Waals surface area contributed by atoms with Gasteiger partial charge in [-0.3, -0.25) is 9.69 Å². The molecular weight excluding hydrogens is 725 g/mol. The predicted molar refractivity (Wildman–Crippen MR) is 184 cm³/mol. The first kappa shape index (κ1) is 39.5. The highest BCUT2D eigenvalue weighted by molar-refractivity contribution is 6.35. The van der Waals surface area contributed by atoms with E-state index in [1.165, 1.54) is 18.2 Å². The zero-order valence-corrected chi connectivity index (χ0v) is 29.9. The van der Waals surface area contributed by atoms with E-state index in [1.807, 2.05) is 4.90 Å². The van der Waals surface area contributed by atoms with Gasteiger partial charge < -0.3 is 34.3 Å². The zero-order chi connectivity index (χ0) is 35.9. The van der Waals surface area contributed by atoms with Gasteiger partial charge in [-0.05, 0) is 86.3 Å². The van der Waals surface area contributed by atoms with Crippen LogP contribution in [0.2, 0.25) is 10.0 Å². The average molecular weight is 768 g/mol. The Balaban J connectivity index is 0.00000523. The number of nitrogens with zero attached hydrogens (tertiary/aromatic N) is 1. The van der Waals surface area contributed by atoms with E-state index in [0.717, 1.165) is 25.7 Å². The number of carbonyl (C=O) groups excluding carboxylic acids is 2. The number of carbonyl (C=O) groups is 2. The zero-order valence-electron chi connectivity index (χ0n) is 28.4. The van der Waals surface area contributed by atoms with Crippen molar-refractivity contribution < 1.29 is 57.6 Å². The van der Waals surface area contributed by atoms with Crippen molar-refractivity contribution in [3.8, 4) is 17.2 Å². The van der Waals surface area contributed by atoms with Crippen LogP contribution < -0.4 is 19.2 Å². The van der Waals surface area contributed by atoms with E-state index in [1.54, 1.807) is 30.6 Å². The lowest BCUT2D eigenvalue weighted by Crippen LogP contribution is -2.39. The van der Waals surface area contributed by atoms with Crippen LogP contribution in [0.15, 0.2) is 48.8 Å². The summed E-state index contributed by atoms with van der Waals surface area (Å²) in [6.07, 6.45) is 7.15. The molecule has 2 heterocycles. The number of rotatable bonds is 17. The lowest BCUT2D eigenvalue weighted by molar-refractivity contribution is -0.377. The van der Waals surface area contributed by atoms with Gasteiger partial charge in [0.15, 0.2) is 23.9 Å².